The topological polar surface area (TPSA) is 27.7 Å². The Morgan fingerprint density at radius 2 is 1.31 bits per heavy atom. The van der Waals surface area contributed by atoms with Crippen molar-refractivity contribution in [3.8, 4) is 11.1 Å². The van der Waals surface area contributed by atoms with E-state index in [0.29, 0.717) is 19.8 Å². The molecule has 0 amide bonds. The molecule has 26 heavy (non-hydrogen) atoms. The third-order valence-corrected chi connectivity index (χ3v) is 7.55. The highest BCUT2D eigenvalue weighted by Crippen LogP contribution is 2.36. The SMILES string of the molecule is CCCO[Si](OCCC)(OCCC)c1cccc2c1Cc1ccccc1-2. The summed E-state index contributed by atoms with van der Waals surface area (Å²) < 4.78 is 19.2. The molecule has 1 aliphatic carbocycles. The number of rotatable bonds is 10. The van der Waals surface area contributed by atoms with Gasteiger partial charge in [0.05, 0.1) is 0 Å². The van der Waals surface area contributed by atoms with E-state index in [4.69, 9.17) is 13.3 Å². The van der Waals surface area contributed by atoms with E-state index < -0.39 is 8.80 Å². The maximum Gasteiger partial charge on any atom is 0.537 e. The van der Waals surface area contributed by atoms with E-state index in [0.717, 1.165) is 30.9 Å². The summed E-state index contributed by atoms with van der Waals surface area (Å²) in [6.07, 6.45) is 3.79. The van der Waals surface area contributed by atoms with Gasteiger partial charge in [-0.3, -0.25) is 0 Å². The molecule has 0 unspecified atom stereocenters. The van der Waals surface area contributed by atoms with Gasteiger partial charge in [-0.1, -0.05) is 63.2 Å². The van der Waals surface area contributed by atoms with Gasteiger partial charge < -0.3 is 13.3 Å². The highest BCUT2D eigenvalue weighted by molar-refractivity contribution is 6.76. The largest absolute Gasteiger partial charge is 0.537 e. The Kier molecular flexibility index (Phi) is 6.65. The van der Waals surface area contributed by atoms with Crippen LogP contribution in [0.15, 0.2) is 42.5 Å². The number of fused-ring (bicyclic) bond motifs is 3. The molecule has 0 atom stereocenters. The first-order valence-corrected chi connectivity index (χ1v) is 11.6. The lowest BCUT2D eigenvalue weighted by Crippen LogP contribution is -2.58. The first kappa shape index (κ1) is 19.3. The maximum absolute atomic E-state index is 6.39. The van der Waals surface area contributed by atoms with E-state index in [-0.39, 0.29) is 0 Å². The van der Waals surface area contributed by atoms with E-state index in [1.165, 1.54) is 22.3 Å². The number of hydrogen-bond acceptors (Lipinski definition) is 3. The average Bonchev–Trinajstić information content (AvgIpc) is 3.06. The molecule has 3 rings (SSSR count). The molecule has 2 aromatic rings. The van der Waals surface area contributed by atoms with Crippen LogP contribution in [0.4, 0.5) is 0 Å². The second kappa shape index (κ2) is 8.96. The molecular formula is C22H30O3Si. The molecule has 0 saturated heterocycles. The quantitative estimate of drug-likeness (QED) is 0.485. The molecule has 140 valence electrons. The molecule has 0 fully saturated rings. The summed E-state index contributed by atoms with van der Waals surface area (Å²) in [7, 11) is -2.93. The van der Waals surface area contributed by atoms with Crippen LogP contribution in [0.2, 0.25) is 0 Å². The van der Waals surface area contributed by atoms with Gasteiger partial charge in [-0.2, -0.15) is 0 Å². The predicted octanol–water partition coefficient (Wildman–Crippen LogP) is 4.68. The molecule has 0 radical (unpaired) electrons. The average molecular weight is 371 g/mol. The van der Waals surface area contributed by atoms with Gasteiger partial charge in [-0.25, -0.2) is 0 Å². The standard InChI is InChI=1S/C22H30O3Si/c1-4-14-23-26(24-15-5-2,25-16-6-3)22-13-9-12-20-19-11-8-7-10-18(19)17-21(20)22/h7-13H,4-6,14-17H2,1-3H3. The van der Waals surface area contributed by atoms with Crippen molar-refractivity contribution >= 4 is 14.0 Å². The molecule has 0 bridgehead atoms. The Labute approximate surface area is 158 Å². The third kappa shape index (κ3) is 3.79. The molecule has 0 spiro atoms. The molecule has 4 heteroatoms. The Morgan fingerprint density at radius 1 is 0.731 bits per heavy atom. The first-order chi connectivity index (χ1) is 12.8. The Bertz CT molecular complexity index is 707. The number of hydrogen-bond donors (Lipinski definition) is 0. The summed E-state index contributed by atoms with van der Waals surface area (Å²) in [6.45, 7) is 8.38. The van der Waals surface area contributed by atoms with Crippen LogP contribution in [-0.2, 0) is 19.7 Å². The van der Waals surface area contributed by atoms with Crippen LogP contribution < -0.4 is 5.19 Å². The van der Waals surface area contributed by atoms with Gasteiger partial charge >= 0.3 is 8.80 Å². The third-order valence-electron chi connectivity index (χ3n) is 4.67. The minimum Gasteiger partial charge on any atom is -0.370 e. The van der Waals surface area contributed by atoms with Crippen LogP contribution in [0.25, 0.3) is 11.1 Å². The molecule has 3 nitrogen and oxygen atoms in total. The zero-order chi connectivity index (χ0) is 18.4. The maximum atomic E-state index is 6.39. The van der Waals surface area contributed by atoms with Crippen molar-refractivity contribution in [1.29, 1.82) is 0 Å². The van der Waals surface area contributed by atoms with Gasteiger partial charge in [0.2, 0.25) is 0 Å². The lowest BCUT2D eigenvalue weighted by Gasteiger charge is -2.31. The lowest BCUT2D eigenvalue weighted by molar-refractivity contribution is 0.0730. The van der Waals surface area contributed by atoms with Gasteiger partial charge in [0, 0.05) is 25.0 Å². The molecule has 0 aromatic heterocycles. The molecule has 0 saturated carbocycles. The molecule has 0 N–H and O–H groups in total. The summed E-state index contributed by atoms with van der Waals surface area (Å²) in [5, 5.41) is 1.15. The summed E-state index contributed by atoms with van der Waals surface area (Å²) in [5.74, 6) is 0. The Balaban J connectivity index is 2.06. The normalized spacial score (nSPS) is 12.9. The highest BCUT2D eigenvalue weighted by atomic mass is 28.4. The second-order valence-corrected chi connectivity index (χ2v) is 9.28. The fraction of sp³-hybridized carbons (Fsp3) is 0.455. The fourth-order valence-electron chi connectivity index (χ4n) is 3.51. The summed E-state index contributed by atoms with van der Waals surface area (Å²) in [4.78, 5) is 0. The van der Waals surface area contributed by atoms with Crippen molar-refractivity contribution < 1.29 is 13.3 Å². The fourth-order valence-corrected chi connectivity index (χ4v) is 6.54. The van der Waals surface area contributed by atoms with Gasteiger partial charge in [-0.05, 0) is 47.9 Å². The minimum atomic E-state index is -2.93. The molecule has 0 heterocycles. The Morgan fingerprint density at radius 3 is 1.92 bits per heavy atom. The van der Waals surface area contributed by atoms with Crippen LogP contribution in [0.5, 0.6) is 0 Å². The van der Waals surface area contributed by atoms with Crippen LogP contribution in [0.3, 0.4) is 0 Å². The summed E-state index contributed by atoms with van der Waals surface area (Å²) in [5.41, 5.74) is 5.33. The van der Waals surface area contributed by atoms with Crippen molar-refractivity contribution in [2.75, 3.05) is 19.8 Å². The zero-order valence-electron chi connectivity index (χ0n) is 16.2. The zero-order valence-corrected chi connectivity index (χ0v) is 17.2. The van der Waals surface area contributed by atoms with Crippen molar-refractivity contribution in [3.63, 3.8) is 0 Å². The van der Waals surface area contributed by atoms with Crippen LogP contribution in [-0.4, -0.2) is 28.6 Å². The molecule has 2 aromatic carbocycles. The van der Waals surface area contributed by atoms with Gasteiger partial charge in [0.25, 0.3) is 0 Å². The monoisotopic (exact) mass is 370 g/mol. The first-order valence-electron chi connectivity index (χ1n) is 9.88. The van der Waals surface area contributed by atoms with Gasteiger partial charge in [-0.15, -0.1) is 0 Å². The van der Waals surface area contributed by atoms with Crippen LogP contribution >= 0.6 is 0 Å². The van der Waals surface area contributed by atoms with E-state index in [9.17, 15) is 0 Å². The predicted molar refractivity (Wildman–Crippen MR) is 109 cm³/mol. The lowest BCUT2D eigenvalue weighted by atomic mass is 10.1. The summed E-state index contributed by atoms with van der Waals surface area (Å²) >= 11 is 0. The van der Waals surface area contributed by atoms with E-state index in [1.54, 1.807) is 0 Å². The van der Waals surface area contributed by atoms with E-state index in [1.807, 2.05) is 0 Å². The van der Waals surface area contributed by atoms with Crippen LogP contribution in [0, 0.1) is 0 Å². The van der Waals surface area contributed by atoms with Crippen molar-refractivity contribution in [3.05, 3.63) is 53.6 Å². The second-order valence-electron chi connectivity index (χ2n) is 6.77. The molecule has 0 aliphatic heterocycles. The number of benzene rings is 2. The van der Waals surface area contributed by atoms with Gasteiger partial charge in [0.15, 0.2) is 0 Å². The van der Waals surface area contributed by atoms with E-state index >= 15 is 0 Å². The summed E-state index contributed by atoms with van der Waals surface area (Å²) in [6, 6.07) is 15.2. The highest BCUT2D eigenvalue weighted by Gasteiger charge is 2.46. The molecule has 1 aliphatic rings. The Hall–Kier alpha value is -1.46. The van der Waals surface area contributed by atoms with Crippen molar-refractivity contribution in [2.45, 2.75) is 46.5 Å². The van der Waals surface area contributed by atoms with Crippen LogP contribution in [0.1, 0.15) is 51.2 Å². The smallest absolute Gasteiger partial charge is 0.370 e. The van der Waals surface area contributed by atoms with E-state index in [2.05, 4.69) is 63.2 Å². The van der Waals surface area contributed by atoms with Gasteiger partial charge in [0.1, 0.15) is 0 Å². The molecular weight excluding hydrogens is 340 g/mol. The van der Waals surface area contributed by atoms with Crippen molar-refractivity contribution in [2.24, 2.45) is 0 Å². The minimum absolute atomic E-state index is 0.663. The van der Waals surface area contributed by atoms with Crippen molar-refractivity contribution in [1.82, 2.24) is 0 Å².